The lowest BCUT2D eigenvalue weighted by Gasteiger charge is -2.21. The monoisotopic (exact) mass is 221 g/mol. The van der Waals surface area contributed by atoms with Crippen molar-refractivity contribution in [3.63, 3.8) is 0 Å². The highest BCUT2D eigenvalue weighted by molar-refractivity contribution is 5.35. The van der Waals surface area contributed by atoms with E-state index in [0.717, 1.165) is 11.7 Å². The largest absolute Gasteiger partial charge is 0.367 e. The number of rotatable bonds is 5. The Bertz CT molecular complexity index is 319. The molecule has 0 amide bonds. The van der Waals surface area contributed by atoms with E-state index < -0.39 is 0 Å². The number of hydrogen-bond acceptors (Lipinski definition) is 2. The average molecular weight is 221 g/mol. The van der Waals surface area contributed by atoms with Crippen LogP contribution in [-0.4, -0.2) is 15.8 Å². The van der Waals surface area contributed by atoms with Crippen LogP contribution in [0.3, 0.4) is 0 Å². The molecule has 1 heterocycles. The van der Waals surface area contributed by atoms with E-state index in [-0.39, 0.29) is 0 Å². The Labute approximate surface area is 98.2 Å². The number of unbranched alkanes of at least 4 members (excludes halogenated alkanes) is 1. The summed E-state index contributed by atoms with van der Waals surface area (Å²) >= 11 is 0. The average Bonchev–Trinajstić information content (AvgIpc) is 2.87. The van der Waals surface area contributed by atoms with Crippen LogP contribution in [-0.2, 0) is 7.05 Å². The zero-order valence-corrected chi connectivity index (χ0v) is 10.4. The molecule has 0 spiro atoms. The lowest BCUT2D eigenvalue weighted by atomic mass is 9.97. The molecule has 1 fully saturated rings. The molecule has 1 aromatic heterocycles. The van der Waals surface area contributed by atoms with Gasteiger partial charge in [-0.3, -0.25) is 4.68 Å². The Balaban J connectivity index is 1.91. The van der Waals surface area contributed by atoms with Crippen molar-refractivity contribution < 1.29 is 0 Å². The summed E-state index contributed by atoms with van der Waals surface area (Å²) in [6.07, 6.45) is 10.0. The zero-order chi connectivity index (χ0) is 11.4. The predicted molar refractivity (Wildman–Crippen MR) is 67.5 cm³/mol. The molecule has 90 valence electrons. The van der Waals surface area contributed by atoms with E-state index in [4.69, 9.17) is 0 Å². The van der Waals surface area contributed by atoms with Crippen LogP contribution in [0.15, 0.2) is 12.3 Å². The molecule has 3 nitrogen and oxygen atoms in total. The van der Waals surface area contributed by atoms with Gasteiger partial charge in [-0.1, -0.05) is 26.2 Å². The Morgan fingerprint density at radius 2 is 2.38 bits per heavy atom. The van der Waals surface area contributed by atoms with Crippen LogP contribution in [0.2, 0.25) is 0 Å². The molecule has 0 saturated heterocycles. The van der Waals surface area contributed by atoms with E-state index in [1.165, 1.54) is 38.5 Å². The molecule has 16 heavy (non-hydrogen) atoms. The van der Waals surface area contributed by atoms with E-state index in [9.17, 15) is 0 Å². The van der Waals surface area contributed by atoms with Gasteiger partial charge in [0, 0.05) is 19.2 Å². The first-order valence-corrected chi connectivity index (χ1v) is 6.55. The molecule has 2 atom stereocenters. The minimum Gasteiger partial charge on any atom is -0.367 e. The number of hydrogen-bond donors (Lipinski definition) is 1. The highest BCUT2D eigenvalue weighted by Gasteiger charge is 2.26. The smallest absolute Gasteiger partial charge is 0.124 e. The molecule has 1 N–H and O–H groups in total. The van der Waals surface area contributed by atoms with E-state index in [2.05, 4.69) is 23.4 Å². The maximum Gasteiger partial charge on any atom is 0.124 e. The second-order valence-electron chi connectivity index (χ2n) is 4.92. The van der Waals surface area contributed by atoms with Crippen LogP contribution in [0, 0.1) is 5.92 Å². The molecule has 2 rings (SSSR count). The predicted octanol–water partition coefficient (Wildman–Crippen LogP) is 3.19. The molecule has 1 aliphatic carbocycles. The van der Waals surface area contributed by atoms with Crippen molar-refractivity contribution in [2.45, 2.75) is 51.5 Å². The maximum absolute atomic E-state index is 4.20. The summed E-state index contributed by atoms with van der Waals surface area (Å²) in [7, 11) is 2.00. The Hall–Kier alpha value is -0.990. The third-order valence-corrected chi connectivity index (χ3v) is 3.74. The van der Waals surface area contributed by atoms with Gasteiger partial charge in [-0.15, -0.1) is 0 Å². The van der Waals surface area contributed by atoms with Gasteiger partial charge in [-0.05, 0) is 25.2 Å². The van der Waals surface area contributed by atoms with Crippen molar-refractivity contribution in [3.8, 4) is 0 Å². The highest BCUT2D eigenvalue weighted by atomic mass is 15.3. The number of nitrogens with zero attached hydrogens (tertiary/aromatic N) is 2. The first kappa shape index (κ1) is 11.5. The molecule has 0 radical (unpaired) electrons. The van der Waals surface area contributed by atoms with Gasteiger partial charge >= 0.3 is 0 Å². The SMILES string of the molecule is CCCCC1CCCC1Nc1ccnn1C. The summed E-state index contributed by atoms with van der Waals surface area (Å²) in [6.45, 7) is 2.28. The first-order valence-electron chi connectivity index (χ1n) is 6.55. The fraction of sp³-hybridized carbons (Fsp3) is 0.769. The van der Waals surface area contributed by atoms with Gasteiger partial charge < -0.3 is 5.32 Å². The highest BCUT2D eigenvalue weighted by Crippen LogP contribution is 2.31. The van der Waals surface area contributed by atoms with Crippen molar-refractivity contribution >= 4 is 5.82 Å². The number of anilines is 1. The van der Waals surface area contributed by atoms with Crippen LogP contribution >= 0.6 is 0 Å². The molecule has 2 unspecified atom stereocenters. The van der Waals surface area contributed by atoms with E-state index in [0.29, 0.717) is 6.04 Å². The summed E-state index contributed by atoms with van der Waals surface area (Å²) < 4.78 is 1.93. The Kier molecular flexibility index (Phi) is 3.86. The standard InChI is InChI=1S/C13H23N3/c1-3-4-6-11-7-5-8-12(11)15-13-9-10-14-16(13)2/h9-12,15H,3-8H2,1-2H3. The maximum atomic E-state index is 4.20. The van der Waals surface area contributed by atoms with Crippen molar-refractivity contribution in [1.82, 2.24) is 9.78 Å². The van der Waals surface area contributed by atoms with Crippen LogP contribution in [0.1, 0.15) is 45.4 Å². The Morgan fingerprint density at radius 3 is 3.06 bits per heavy atom. The van der Waals surface area contributed by atoms with Gasteiger partial charge in [0.2, 0.25) is 0 Å². The summed E-state index contributed by atoms with van der Waals surface area (Å²) in [6, 6.07) is 2.73. The molecule has 1 aromatic rings. The van der Waals surface area contributed by atoms with Gasteiger partial charge in [-0.25, -0.2) is 0 Å². The molecular formula is C13H23N3. The third-order valence-electron chi connectivity index (χ3n) is 3.74. The fourth-order valence-corrected chi connectivity index (χ4v) is 2.74. The van der Waals surface area contributed by atoms with E-state index >= 15 is 0 Å². The van der Waals surface area contributed by atoms with Gasteiger partial charge in [0.05, 0.1) is 6.20 Å². The van der Waals surface area contributed by atoms with E-state index in [1.807, 2.05) is 17.9 Å². The summed E-state index contributed by atoms with van der Waals surface area (Å²) in [4.78, 5) is 0. The second-order valence-corrected chi connectivity index (χ2v) is 4.92. The third kappa shape index (κ3) is 2.57. The molecule has 0 bridgehead atoms. The minimum atomic E-state index is 0.668. The minimum absolute atomic E-state index is 0.668. The lowest BCUT2D eigenvalue weighted by Crippen LogP contribution is -2.25. The molecule has 3 heteroatoms. The number of nitrogens with one attached hydrogen (secondary N) is 1. The zero-order valence-electron chi connectivity index (χ0n) is 10.4. The van der Waals surface area contributed by atoms with Crippen molar-refractivity contribution in [3.05, 3.63) is 12.3 Å². The second kappa shape index (κ2) is 5.37. The topological polar surface area (TPSA) is 29.9 Å². The van der Waals surface area contributed by atoms with E-state index in [1.54, 1.807) is 0 Å². The molecule has 0 aromatic carbocycles. The normalized spacial score (nSPS) is 24.9. The first-order chi connectivity index (χ1) is 7.81. The van der Waals surface area contributed by atoms with Gasteiger partial charge in [0.1, 0.15) is 5.82 Å². The van der Waals surface area contributed by atoms with Crippen LogP contribution in [0.4, 0.5) is 5.82 Å². The lowest BCUT2D eigenvalue weighted by molar-refractivity contribution is 0.446. The molecule has 0 aliphatic heterocycles. The summed E-state index contributed by atoms with van der Waals surface area (Å²) in [5, 5.41) is 7.85. The number of aryl methyl sites for hydroxylation is 1. The fourth-order valence-electron chi connectivity index (χ4n) is 2.74. The molecular weight excluding hydrogens is 198 g/mol. The van der Waals surface area contributed by atoms with Gasteiger partial charge in [0.15, 0.2) is 0 Å². The summed E-state index contributed by atoms with van der Waals surface area (Å²) in [5.74, 6) is 2.03. The van der Waals surface area contributed by atoms with Crippen LogP contribution < -0.4 is 5.32 Å². The quantitative estimate of drug-likeness (QED) is 0.827. The van der Waals surface area contributed by atoms with Gasteiger partial charge in [0.25, 0.3) is 0 Å². The molecule has 1 aliphatic rings. The van der Waals surface area contributed by atoms with Gasteiger partial charge in [-0.2, -0.15) is 5.10 Å². The van der Waals surface area contributed by atoms with Crippen LogP contribution in [0.5, 0.6) is 0 Å². The van der Waals surface area contributed by atoms with Crippen LogP contribution in [0.25, 0.3) is 0 Å². The Morgan fingerprint density at radius 1 is 1.50 bits per heavy atom. The number of aromatic nitrogens is 2. The van der Waals surface area contributed by atoms with Crippen molar-refractivity contribution in [2.75, 3.05) is 5.32 Å². The molecule has 1 saturated carbocycles. The van der Waals surface area contributed by atoms with Crippen molar-refractivity contribution in [1.29, 1.82) is 0 Å². The van der Waals surface area contributed by atoms with Crippen molar-refractivity contribution in [2.24, 2.45) is 13.0 Å². The summed E-state index contributed by atoms with van der Waals surface area (Å²) in [5.41, 5.74) is 0.